The van der Waals surface area contributed by atoms with Crippen molar-refractivity contribution in [1.29, 1.82) is 5.26 Å². The van der Waals surface area contributed by atoms with E-state index < -0.39 is 0 Å². The van der Waals surface area contributed by atoms with E-state index in [0.717, 1.165) is 43.7 Å². The number of ether oxygens (including phenoxy) is 1. The van der Waals surface area contributed by atoms with Gasteiger partial charge in [-0.1, -0.05) is 13.8 Å². The monoisotopic (exact) mass is 276 g/mol. The van der Waals surface area contributed by atoms with Crippen molar-refractivity contribution >= 4 is 5.82 Å². The summed E-state index contributed by atoms with van der Waals surface area (Å²) in [6.07, 6.45) is 2.53. The standard InChI is InChI=1S/C14H20N4O2/c1-3-11-12(7-15)14(17-16-13(11)4-2)18-20-9-10-5-6-19-8-10/h10H,3-6,8-9H2,1-2H3,(H,17,18). The largest absolute Gasteiger partial charge is 0.381 e. The lowest BCUT2D eigenvalue weighted by Gasteiger charge is -2.13. The fourth-order valence-electron chi connectivity index (χ4n) is 2.31. The molecule has 2 rings (SSSR count). The summed E-state index contributed by atoms with van der Waals surface area (Å²) in [5, 5.41) is 17.5. The van der Waals surface area contributed by atoms with Crippen molar-refractivity contribution in [2.45, 2.75) is 33.1 Å². The minimum Gasteiger partial charge on any atom is -0.381 e. The lowest BCUT2D eigenvalue weighted by atomic mass is 10.0. The smallest absolute Gasteiger partial charge is 0.190 e. The first kappa shape index (κ1) is 14.7. The molecular weight excluding hydrogens is 256 g/mol. The number of anilines is 1. The minimum atomic E-state index is 0.403. The lowest BCUT2D eigenvalue weighted by Crippen LogP contribution is -2.15. The maximum atomic E-state index is 9.33. The molecule has 20 heavy (non-hydrogen) atoms. The van der Waals surface area contributed by atoms with E-state index in [4.69, 9.17) is 9.57 Å². The molecule has 1 saturated heterocycles. The number of hydrogen-bond donors (Lipinski definition) is 1. The summed E-state index contributed by atoms with van der Waals surface area (Å²) in [5.74, 6) is 0.807. The molecule has 1 aromatic rings. The van der Waals surface area contributed by atoms with Crippen molar-refractivity contribution in [2.24, 2.45) is 5.92 Å². The quantitative estimate of drug-likeness (QED) is 0.799. The van der Waals surface area contributed by atoms with Crippen molar-refractivity contribution < 1.29 is 9.57 Å². The molecule has 0 aliphatic carbocycles. The van der Waals surface area contributed by atoms with Gasteiger partial charge in [0.15, 0.2) is 5.82 Å². The molecule has 0 spiro atoms. The molecule has 0 radical (unpaired) electrons. The van der Waals surface area contributed by atoms with Crippen LogP contribution in [0.25, 0.3) is 0 Å². The molecule has 1 N–H and O–H groups in total. The van der Waals surface area contributed by atoms with E-state index >= 15 is 0 Å². The molecule has 1 unspecified atom stereocenters. The Labute approximate surface area is 119 Å². The predicted octanol–water partition coefficient (Wildman–Crippen LogP) is 1.85. The molecule has 6 nitrogen and oxygen atoms in total. The first-order valence-corrected chi connectivity index (χ1v) is 7.04. The highest BCUT2D eigenvalue weighted by Gasteiger charge is 2.17. The van der Waals surface area contributed by atoms with Crippen LogP contribution in [0.2, 0.25) is 0 Å². The Morgan fingerprint density at radius 1 is 1.40 bits per heavy atom. The summed E-state index contributed by atoms with van der Waals surface area (Å²) in [6, 6.07) is 2.20. The number of aromatic nitrogens is 2. The Balaban J connectivity index is 2.05. The average Bonchev–Trinajstić information content (AvgIpc) is 2.99. The number of hydrogen-bond acceptors (Lipinski definition) is 6. The molecule has 1 aliphatic rings. The average molecular weight is 276 g/mol. The summed E-state index contributed by atoms with van der Waals surface area (Å²) < 4.78 is 5.28. The Kier molecular flexibility index (Phi) is 5.27. The van der Waals surface area contributed by atoms with Gasteiger partial charge in [-0.3, -0.25) is 4.84 Å². The molecule has 1 atom stereocenters. The molecular formula is C14H20N4O2. The van der Waals surface area contributed by atoms with E-state index in [1.165, 1.54) is 0 Å². The zero-order valence-corrected chi connectivity index (χ0v) is 12.0. The van der Waals surface area contributed by atoms with Crippen molar-refractivity contribution in [3.63, 3.8) is 0 Å². The second-order valence-corrected chi connectivity index (χ2v) is 4.81. The van der Waals surface area contributed by atoms with E-state index in [1.807, 2.05) is 13.8 Å². The molecule has 2 heterocycles. The van der Waals surface area contributed by atoms with Gasteiger partial charge in [0.1, 0.15) is 11.6 Å². The summed E-state index contributed by atoms with van der Waals surface area (Å²) in [7, 11) is 0. The third kappa shape index (κ3) is 3.24. The predicted molar refractivity (Wildman–Crippen MR) is 74.0 cm³/mol. The van der Waals surface area contributed by atoms with Crippen LogP contribution in [0.3, 0.4) is 0 Å². The van der Waals surface area contributed by atoms with Crippen LogP contribution >= 0.6 is 0 Å². The van der Waals surface area contributed by atoms with Gasteiger partial charge in [-0.15, -0.1) is 5.10 Å². The van der Waals surface area contributed by atoms with Gasteiger partial charge in [-0.2, -0.15) is 10.4 Å². The van der Waals surface area contributed by atoms with Crippen LogP contribution < -0.4 is 5.48 Å². The Morgan fingerprint density at radius 2 is 2.25 bits per heavy atom. The van der Waals surface area contributed by atoms with Gasteiger partial charge < -0.3 is 4.74 Å². The van der Waals surface area contributed by atoms with Gasteiger partial charge in [0, 0.05) is 12.5 Å². The van der Waals surface area contributed by atoms with Gasteiger partial charge in [-0.05, 0) is 24.8 Å². The van der Waals surface area contributed by atoms with Crippen molar-refractivity contribution in [2.75, 3.05) is 25.3 Å². The number of rotatable bonds is 6. The fraction of sp³-hybridized carbons (Fsp3) is 0.643. The van der Waals surface area contributed by atoms with E-state index in [1.54, 1.807) is 0 Å². The van der Waals surface area contributed by atoms with Crippen molar-refractivity contribution in [3.8, 4) is 6.07 Å². The van der Waals surface area contributed by atoms with Crippen LogP contribution in [0.4, 0.5) is 5.82 Å². The van der Waals surface area contributed by atoms with Crippen LogP contribution in [0.1, 0.15) is 37.1 Å². The Hall–Kier alpha value is -1.71. The summed E-state index contributed by atoms with van der Waals surface area (Å²) in [6.45, 7) is 6.09. The molecule has 6 heteroatoms. The molecule has 0 bridgehead atoms. The summed E-state index contributed by atoms with van der Waals surface area (Å²) in [4.78, 5) is 5.44. The van der Waals surface area contributed by atoms with E-state index in [-0.39, 0.29) is 0 Å². The highest BCUT2D eigenvalue weighted by atomic mass is 16.6. The van der Waals surface area contributed by atoms with E-state index in [0.29, 0.717) is 23.9 Å². The van der Waals surface area contributed by atoms with Gasteiger partial charge in [0.05, 0.1) is 18.9 Å². The van der Waals surface area contributed by atoms with Crippen LogP contribution in [-0.2, 0) is 22.4 Å². The zero-order valence-electron chi connectivity index (χ0n) is 12.0. The van der Waals surface area contributed by atoms with Gasteiger partial charge >= 0.3 is 0 Å². The number of nitriles is 1. The van der Waals surface area contributed by atoms with Crippen LogP contribution in [0.15, 0.2) is 0 Å². The summed E-state index contributed by atoms with van der Waals surface area (Å²) in [5.41, 5.74) is 5.11. The maximum Gasteiger partial charge on any atom is 0.190 e. The normalized spacial score (nSPS) is 17.9. The molecule has 0 aromatic carbocycles. The van der Waals surface area contributed by atoms with Crippen molar-refractivity contribution in [1.82, 2.24) is 10.2 Å². The fourth-order valence-corrected chi connectivity index (χ4v) is 2.31. The topological polar surface area (TPSA) is 80.1 Å². The maximum absolute atomic E-state index is 9.33. The second-order valence-electron chi connectivity index (χ2n) is 4.81. The van der Waals surface area contributed by atoms with E-state index in [2.05, 4.69) is 21.7 Å². The molecule has 0 saturated carbocycles. The first-order valence-electron chi connectivity index (χ1n) is 7.04. The molecule has 1 aliphatic heterocycles. The molecule has 0 amide bonds. The SMILES string of the molecule is CCc1nnc(NOCC2CCOC2)c(C#N)c1CC. The third-order valence-corrected chi connectivity index (χ3v) is 3.47. The van der Waals surface area contributed by atoms with E-state index in [9.17, 15) is 5.26 Å². The number of aryl methyl sites for hydroxylation is 1. The minimum absolute atomic E-state index is 0.403. The third-order valence-electron chi connectivity index (χ3n) is 3.47. The molecule has 1 aromatic heterocycles. The lowest BCUT2D eigenvalue weighted by molar-refractivity contribution is 0.126. The Morgan fingerprint density at radius 3 is 2.85 bits per heavy atom. The molecule has 108 valence electrons. The van der Waals surface area contributed by atoms with Crippen LogP contribution in [0, 0.1) is 17.2 Å². The van der Waals surface area contributed by atoms with Crippen molar-refractivity contribution in [3.05, 3.63) is 16.8 Å². The number of nitrogens with one attached hydrogen (secondary N) is 1. The highest BCUT2D eigenvalue weighted by molar-refractivity contribution is 5.55. The van der Waals surface area contributed by atoms with Gasteiger partial charge in [-0.25, -0.2) is 5.48 Å². The van der Waals surface area contributed by atoms with Gasteiger partial charge in [0.2, 0.25) is 0 Å². The summed E-state index contributed by atoms with van der Waals surface area (Å²) >= 11 is 0. The zero-order chi connectivity index (χ0) is 14.4. The van der Waals surface area contributed by atoms with Crippen LogP contribution in [0.5, 0.6) is 0 Å². The Bertz CT molecular complexity index is 493. The first-order chi connectivity index (χ1) is 9.80. The number of nitrogens with zero attached hydrogens (tertiary/aromatic N) is 3. The highest BCUT2D eigenvalue weighted by Crippen LogP contribution is 2.20. The van der Waals surface area contributed by atoms with Gasteiger partial charge in [0.25, 0.3) is 0 Å². The molecule has 1 fully saturated rings. The van der Waals surface area contributed by atoms with Crippen LogP contribution in [-0.4, -0.2) is 30.0 Å². The second kappa shape index (κ2) is 7.17.